The molecular weight excluding hydrogens is 598 g/mol. The number of rotatable bonds is 9. The van der Waals surface area contributed by atoms with Crippen molar-refractivity contribution in [1.82, 2.24) is 19.5 Å². The molecule has 17 heteroatoms. The molecule has 226 valence electrons. The maximum absolute atomic E-state index is 14.0. The van der Waals surface area contributed by atoms with E-state index in [0.717, 1.165) is 23.0 Å². The number of aromatic amines is 2. The fourth-order valence-electron chi connectivity index (χ4n) is 4.30. The molecule has 0 atom stereocenters. The van der Waals surface area contributed by atoms with Gasteiger partial charge in [-0.1, -0.05) is 0 Å². The Balaban J connectivity index is 1.34. The van der Waals surface area contributed by atoms with Crippen LogP contribution in [0.2, 0.25) is 0 Å². The van der Waals surface area contributed by atoms with Crippen LogP contribution in [0, 0.1) is 0 Å². The van der Waals surface area contributed by atoms with Crippen molar-refractivity contribution in [2.24, 2.45) is 0 Å². The van der Waals surface area contributed by atoms with Crippen LogP contribution in [0.3, 0.4) is 0 Å². The van der Waals surface area contributed by atoms with Crippen molar-refractivity contribution in [2.75, 3.05) is 18.5 Å². The number of H-pyrrole nitrogens is 2. The number of fused-ring (bicyclic) bond motifs is 3. The van der Waals surface area contributed by atoms with E-state index >= 15 is 0 Å². The standard InChI is InChI=1S/C26H23F3N5O8P/c1-3-40-43(38,41-4-2)16-7-5-14(6-8-16)31-24(36)39-12-15-11-34(13-30-15)20-9-17-19(10-18(20)26(27,28)29)32-23(35)21-22(17)42-25(37)33-21/h5-11,13H,3-4,12H2,1-2H3,(H,31,36)(H,32,35)(H,33,37). The summed E-state index contributed by atoms with van der Waals surface area (Å²) >= 11 is 0. The number of aromatic nitrogens is 4. The van der Waals surface area contributed by atoms with Crippen molar-refractivity contribution in [3.63, 3.8) is 0 Å². The maximum atomic E-state index is 14.0. The number of nitrogens with zero attached hydrogens (tertiary/aromatic N) is 2. The van der Waals surface area contributed by atoms with Crippen molar-refractivity contribution in [2.45, 2.75) is 26.6 Å². The van der Waals surface area contributed by atoms with Crippen molar-refractivity contribution in [1.29, 1.82) is 0 Å². The minimum atomic E-state index is -4.83. The number of carbonyl (C=O) groups is 1. The summed E-state index contributed by atoms with van der Waals surface area (Å²) in [5.41, 5.74) is -2.48. The normalized spacial score (nSPS) is 12.2. The lowest BCUT2D eigenvalue weighted by atomic mass is 10.1. The molecular formula is C26H23F3N5O8P. The molecule has 3 heterocycles. The highest BCUT2D eigenvalue weighted by Gasteiger charge is 2.35. The van der Waals surface area contributed by atoms with Crippen molar-refractivity contribution in [3.05, 3.63) is 81.1 Å². The summed E-state index contributed by atoms with van der Waals surface area (Å²) in [5.74, 6) is -0.943. The van der Waals surface area contributed by atoms with Crippen LogP contribution in [-0.4, -0.2) is 38.8 Å². The Kier molecular flexibility index (Phi) is 8.01. The van der Waals surface area contributed by atoms with E-state index in [4.69, 9.17) is 18.2 Å². The lowest BCUT2D eigenvalue weighted by Crippen LogP contribution is -2.15. The third kappa shape index (κ3) is 6.11. The van der Waals surface area contributed by atoms with Gasteiger partial charge in [0.15, 0.2) is 11.1 Å². The molecule has 0 aliphatic heterocycles. The molecule has 0 aliphatic rings. The number of carbonyl (C=O) groups excluding carboxylic acids is 1. The van der Waals surface area contributed by atoms with E-state index in [-0.39, 0.29) is 53.2 Å². The lowest BCUT2D eigenvalue weighted by molar-refractivity contribution is -0.137. The second kappa shape index (κ2) is 11.6. The smallest absolute Gasteiger partial charge is 0.418 e. The first kappa shape index (κ1) is 29.8. The van der Waals surface area contributed by atoms with E-state index in [1.807, 2.05) is 0 Å². The molecule has 0 fully saturated rings. The summed E-state index contributed by atoms with van der Waals surface area (Å²) in [6.45, 7) is 3.32. The van der Waals surface area contributed by atoms with Crippen LogP contribution in [0.15, 0.2) is 62.9 Å². The van der Waals surface area contributed by atoms with Gasteiger partial charge in [0.25, 0.3) is 5.56 Å². The third-order valence-corrected chi connectivity index (χ3v) is 8.23. The van der Waals surface area contributed by atoms with Gasteiger partial charge < -0.3 is 27.8 Å². The number of nitrogens with one attached hydrogen (secondary N) is 3. The molecule has 5 rings (SSSR count). The number of imidazole rings is 1. The monoisotopic (exact) mass is 621 g/mol. The van der Waals surface area contributed by atoms with E-state index in [1.54, 1.807) is 13.8 Å². The predicted molar refractivity (Wildman–Crippen MR) is 148 cm³/mol. The van der Waals surface area contributed by atoms with E-state index in [9.17, 15) is 32.1 Å². The predicted octanol–water partition coefficient (Wildman–Crippen LogP) is 4.81. The first-order chi connectivity index (χ1) is 20.4. The minimum Gasteiger partial charge on any atom is -0.443 e. The number of hydrogen-bond acceptors (Lipinski definition) is 9. The topological polar surface area (TPSA) is 171 Å². The fourth-order valence-corrected chi connectivity index (χ4v) is 5.87. The quantitative estimate of drug-likeness (QED) is 0.196. The second-order valence-corrected chi connectivity index (χ2v) is 11.0. The number of amides is 1. The average Bonchev–Trinajstić information content (AvgIpc) is 3.59. The van der Waals surface area contributed by atoms with Crippen LogP contribution in [0.1, 0.15) is 25.1 Å². The zero-order valence-electron chi connectivity index (χ0n) is 22.5. The summed E-state index contributed by atoms with van der Waals surface area (Å²) in [6.07, 6.45) is -3.38. The molecule has 3 aromatic heterocycles. The van der Waals surface area contributed by atoms with Crippen molar-refractivity contribution >= 4 is 46.7 Å². The van der Waals surface area contributed by atoms with Gasteiger partial charge in [-0.15, -0.1) is 0 Å². The van der Waals surface area contributed by atoms with Crippen molar-refractivity contribution < 1.29 is 40.7 Å². The molecule has 3 N–H and O–H groups in total. The Morgan fingerprint density at radius 3 is 2.44 bits per heavy atom. The largest absolute Gasteiger partial charge is 0.443 e. The molecule has 0 saturated heterocycles. The molecule has 13 nitrogen and oxygen atoms in total. The highest BCUT2D eigenvalue weighted by Crippen LogP contribution is 2.46. The number of hydrogen-bond donors (Lipinski definition) is 3. The first-order valence-electron chi connectivity index (χ1n) is 12.7. The van der Waals surface area contributed by atoms with E-state index < -0.39 is 36.7 Å². The minimum absolute atomic E-state index is 0.0479. The van der Waals surface area contributed by atoms with Gasteiger partial charge in [-0.25, -0.2) is 14.6 Å². The van der Waals surface area contributed by atoms with Gasteiger partial charge in [-0.05, 0) is 50.2 Å². The molecule has 0 saturated carbocycles. The molecule has 0 aliphatic carbocycles. The fraction of sp³-hybridized carbons (Fsp3) is 0.231. The van der Waals surface area contributed by atoms with Gasteiger partial charge in [0, 0.05) is 17.3 Å². The first-order valence-corrected chi connectivity index (χ1v) is 14.2. The highest BCUT2D eigenvalue weighted by atomic mass is 31.2. The highest BCUT2D eigenvalue weighted by molar-refractivity contribution is 7.62. The van der Waals surface area contributed by atoms with E-state index in [2.05, 4.69) is 20.3 Å². The second-order valence-electron chi connectivity index (χ2n) is 8.94. The molecule has 0 radical (unpaired) electrons. The van der Waals surface area contributed by atoms with Crippen LogP contribution in [0.4, 0.5) is 23.7 Å². The number of halogens is 3. The maximum Gasteiger partial charge on any atom is 0.418 e. The van der Waals surface area contributed by atoms with Gasteiger partial charge in [0.2, 0.25) is 0 Å². The zero-order valence-corrected chi connectivity index (χ0v) is 23.4. The summed E-state index contributed by atoms with van der Waals surface area (Å²) in [7, 11) is -3.50. The number of pyridine rings is 1. The van der Waals surface area contributed by atoms with E-state index in [1.165, 1.54) is 30.5 Å². The van der Waals surface area contributed by atoms with Crippen LogP contribution in [-0.2, 0) is 31.1 Å². The van der Waals surface area contributed by atoms with Crippen LogP contribution >= 0.6 is 7.60 Å². The Morgan fingerprint density at radius 1 is 1.09 bits per heavy atom. The number of anilines is 1. The molecule has 1 amide bonds. The van der Waals surface area contributed by atoms with Gasteiger partial charge >= 0.3 is 25.6 Å². The number of alkyl halides is 3. The zero-order chi connectivity index (χ0) is 30.9. The van der Waals surface area contributed by atoms with E-state index in [0.29, 0.717) is 11.0 Å². The van der Waals surface area contributed by atoms with Gasteiger partial charge in [-0.3, -0.25) is 19.7 Å². The Hall–Kier alpha value is -4.66. The van der Waals surface area contributed by atoms with Gasteiger partial charge in [0.1, 0.15) is 6.61 Å². The third-order valence-electron chi connectivity index (χ3n) is 6.10. The summed E-state index contributed by atoms with van der Waals surface area (Å²) in [4.78, 5) is 44.8. The lowest BCUT2D eigenvalue weighted by Gasteiger charge is -2.17. The average molecular weight is 621 g/mol. The van der Waals surface area contributed by atoms with Gasteiger partial charge in [0.05, 0.1) is 47.3 Å². The summed E-state index contributed by atoms with van der Waals surface area (Å²) in [6, 6.07) is 7.75. The molecule has 0 spiro atoms. The molecule has 0 unspecified atom stereocenters. The number of benzene rings is 2. The molecule has 2 aromatic carbocycles. The number of oxazole rings is 1. The molecule has 0 bridgehead atoms. The molecule has 5 aromatic rings. The number of ether oxygens (including phenoxy) is 1. The summed E-state index contributed by atoms with van der Waals surface area (Å²) in [5, 5.41) is 2.83. The van der Waals surface area contributed by atoms with Crippen LogP contribution < -0.4 is 21.9 Å². The SMILES string of the molecule is CCOP(=O)(OCC)c1ccc(NC(=O)OCc2cn(-c3cc4c(cc3C(F)(F)F)[nH]c(=O)c3[nH]c(=O)oc34)cn2)cc1. The Bertz CT molecular complexity index is 1970. The summed E-state index contributed by atoms with van der Waals surface area (Å²) < 4.78 is 76.7. The van der Waals surface area contributed by atoms with Crippen LogP contribution in [0.5, 0.6) is 0 Å². The van der Waals surface area contributed by atoms with Crippen molar-refractivity contribution in [3.8, 4) is 5.69 Å². The van der Waals surface area contributed by atoms with Gasteiger partial charge in [-0.2, -0.15) is 13.2 Å². The Labute approximate surface area is 239 Å². The molecule has 43 heavy (non-hydrogen) atoms. The van der Waals surface area contributed by atoms with Crippen LogP contribution in [0.25, 0.3) is 27.7 Å². The Morgan fingerprint density at radius 2 is 1.79 bits per heavy atom.